The first-order valence-corrected chi connectivity index (χ1v) is 5.47. The van der Waals surface area contributed by atoms with E-state index in [0.29, 0.717) is 0 Å². The first-order valence-electron chi connectivity index (χ1n) is 5.47. The molecule has 1 saturated heterocycles. The second-order valence-corrected chi connectivity index (χ2v) is 3.90. The molecule has 0 amide bonds. The van der Waals surface area contributed by atoms with Gasteiger partial charge in [0, 0.05) is 12.8 Å². The summed E-state index contributed by atoms with van der Waals surface area (Å²) in [5.41, 5.74) is 0. The fraction of sp³-hybridized carbons (Fsp3) is 0.750. The molecule has 16 heavy (non-hydrogen) atoms. The van der Waals surface area contributed by atoms with Crippen LogP contribution in [0.1, 0.15) is 27.2 Å². The van der Waals surface area contributed by atoms with Crippen LogP contribution in [0.3, 0.4) is 0 Å². The predicted octanol–water partition coefficient (Wildman–Crippen LogP) is 1.34. The first-order chi connectivity index (χ1) is 7.60. The van der Waals surface area contributed by atoms with Crippen molar-refractivity contribution < 1.29 is 19.0 Å². The number of ether oxygens (including phenoxy) is 3. The van der Waals surface area contributed by atoms with Crippen molar-refractivity contribution in [2.75, 3.05) is 6.61 Å². The summed E-state index contributed by atoms with van der Waals surface area (Å²) >= 11 is 0. The summed E-state index contributed by atoms with van der Waals surface area (Å²) in [6.07, 6.45) is 5.14. The van der Waals surface area contributed by atoms with E-state index in [4.69, 9.17) is 20.6 Å². The zero-order valence-electron chi connectivity index (χ0n) is 9.93. The summed E-state index contributed by atoms with van der Waals surface area (Å²) in [5, 5.41) is 0. The predicted molar refractivity (Wildman–Crippen MR) is 58.5 cm³/mol. The SMILES string of the molecule is C#CCO[C@H]1[C@H](OC(C)=O)O[C@H](CC)[C@H]1C. The monoisotopic (exact) mass is 226 g/mol. The van der Waals surface area contributed by atoms with Crippen molar-refractivity contribution in [3.05, 3.63) is 0 Å². The van der Waals surface area contributed by atoms with Crippen LogP contribution in [0.2, 0.25) is 0 Å². The first kappa shape index (κ1) is 13.0. The molecular weight excluding hydrogens is 208 g/mol. The second-order valence-electron chi connectivity index (χ2n) is 3.90. The molecule has 0 aromatic heterocycles. The molecule has 0 aliphatic carbocycles. The topological polar surface area (TPSA) is 44.8 Å². The van der Waals surface area contributed by atoms with E-state index in [9.17, 15) is 4.79 Å². The summed E-state index contributed by atoms with van der Waals surface area (Å²) in [7, 11) is 0. The van der Waals surface area contributed by atoms with Crippen LogP contribution in [0.15, 0.2) is 0 Å². The van der Waals surface area contributed by atoms with Gasteiger partial charge in [-0.15, -0.1) is 6.42 Å². The van der Waals surface area contributed by atoms with E-state index < -0.39 is 6.29 Å². The third-order valence-electron chi connectivity index (χ3n) is 2.73. The summed E-state index contributed by atoms with van der Waals surface area (Å²) in [6, 6.07) is 0. The molecule has 1 heterocycles. The van der Waals surface area contributed by atoms with Crippen LogP contribution in [0.25, 0.3) is 0 Å². The lowest BCUT2D eigenvalue weighted by Crippen LogP contribution is -2.32. The van der Waals surface area contributed by atoms with Gasteiger partial charge in [0.2, 0.25) is 6.29 Å². The molecule has 1 rings (SSSR count). The van der Waals surface area contributed by atoms with Crippen molar-refractivity contribution >= 4 is 5.97 Å². The summed E-state index contributed by atoms with van der Waals surface area (Å²) in [4.78, 5) is 10.9. The van der Waals surface area contributed by atoms with E-state index in [0.717, 1.165) is 6.42 Å². The highest BCUT2D eigenvalue weighted by molar-refractivity contribution is 5.66. The average molecular weight is 226 g/mol. The minimum Gasteiger partial charge on any atom is -0.433 e. The highest BCUT2D eigenvalue weighted by Crippen LogP contribution is 2.31. The largest absolute Gasteiger partial charge is 0.433 e. The van der Waals surface area contributed by atoms with Gasteiger partial charge in [-0.1, -0.05) is 19.8 Å². The minimum absolute atomic E-state index is 0.0483. The number of rotatable bonds is 4. The molecule has 0 bridgehead atoms. The molecule has 4 nitrogen and oxygen atoms in total. The van der Waals surface area contributed by atoms with Gasteiger partial charge in [0.15, 0.2) is 0 Å². The smallest absolute Gasteiger partial charge is 0.305 e. The van der Waals surface area contributed by atoms with Crippen LogP contribution in [0.5, 0.6) is 0 Å². The van der Waals surface area contributed by atoms with Crippen LogP contribution < -0.4 is 0 Å². The van der Waals surface area contributed by atoms with E-state index in [-0.39, 0.29) is 30.7 Å². The van der Waals surface area contributed by atoms with Crippen molar-refractivity contribution in [3.63, 3.8) is 0 Å². The van der Waals surface area contributed by atoms with Crippen molar-refractivity contribution in [2.24, 2.45) is 5.92 Å². The number of esters is 1. The summed E-state index contributed by atoms with van der Waals surface area (Å²) < 4.78 is 16.1. The minimum atomic E-state index is -0.634. The molecule has 0 aromatic rings. The van der Waals surface area contributed by atoms with Crippen molar-refractivity contribution in [1.82, 2.24) is 0 Å². The zero-order valence-corrected chi connectivity index (χ0v) is 9.93. The van der Waals surface area contributed by atoms with Gasteiger partial charge < -0.3 is 14.2 Å². The fourth-order valence-electron chi connectivity index (χ4n) is 1.93. The van der Waals surface area contributed by atoms with Crippen LogP contribution in [0, 0.1) is 18.3 Å². The maximum Gasteiger partial charge on any atom is 0.305 e. The van der Waals surface area contributed by atoms with Gasteiger partial charge in [-0.2, -0.15) is 0 Å². The molecular formula is C12H18O4. The Kier molecular flexibility index (Phi) is 4.78. The van der Waals surface area contributed by atoms with E-state index in [1.54, 1.807) is 0 Å². The summed E-state index contributed by atoms with van der Waals surface area (Å²) in [6.45, 7) is 5.59. The lowest BCUT2D eigenvalue weighted by atomic mass is 9.99. The van der Waals surface area contributed by atoms with Crippen LogP contribution in [-0.4, -0.2) is 31.1 Å². The third kappa shape index (κ3) is 2.97. The molecule has 4 atom stereocenters. The highest BCUT2D eigenvalue weighted by atomic mass is 16.7. The Morgan fingerprint density at radius 2 is 2.25 bits per heavy atom. The van der Waals surface area contributed by atoms with E-state index >= 15 is 0 Å². The average Bonchev–Trinajstić information content (AvgIpc) is 2.52. The molecule has 0 aromatic carbocycles. The van der Waals surface area contributed by atoms with E-state index in [2.05, 4.69) is 5.92 Å². The lowest BCUT2D eigenvalue weighted by Gasteiger charge is -2.19. The maximum atomic E-state index is 10.9. The number of hydrogen-bond donors (Lipinski definition) is 0. The molecule has 0 N–H and O–H groups in total. The van der Waals surface area contributed by atoms with Crippen LogP contribution in [0.4, 0.5) is 0 Å². The van der Waals surface area contributed by atoms with E-state index in [1.807, 2.05) is 13.8 Å². The standard InChI is InChI=1S/C12H18O4/c1-5-7-14-11-8(3)10(6-2)16-12(11)15-9(4)13/h1,8,10-12H,6-7H2,2-4H3/t8-,10-,11-,12-/m1/s1. The molecule has 0 spiro atoms. The maximum absolute atomic E-state index is 10.9. The molecule has 90 valence electrons. The molecule has 1 aliphatic heterocycles. The molecule has 0 saturated carbocycles. The molecule has 4 heteroatoms. The van der Waals surface area contributed by atoms with Crippen molar-refractivity contribution in [3.8, 4) is 12.3 Å². The highest BCUT2D eigenvalue weighted by Gasteiger charge is 2.43. The normalized spacial score (nSPS) is 33.4. The molecule has 0 radical (unpaired) electrons. The Labute approximate surface area is 96.2 Å². The van der Waals surface area contributed by atoms with Gasteiger partial charge in [-0.25, -0.2) is 0 Å². The van der Waals surface area contributed by atoms with Gasteiger partial charge >= 0.3 is 5.97 Å². The quantitative estimate of drug-likeness (QED) is 0.536. The van der Waals surface area contributed by atoms with Crippen molar-refractivity contribution in [1.29, 1.82) is 0 Å². The molecule has 1 aliphatic rings. The number of hydrogen-bond acceptors (Lipinski definition) is 4. The Morgan fingerprint density at radius 1 is 1.56 bits per heavy atom. The lowest BCUT2D eigenvalue weighted by molar-refractivity contribution is -0.189. The Bertz CT molecular complexity index is 281. The van der Waals surface area contributed by atoms with Gasteiger partial charge in [0.05, 0.1) is 6.10 Å². The van der Waals surface area contributed by atoms with E-state index in [1.165, 1.54) is 6.92 Å². The molecule has 1 fully saturated rings. The Balaban J connectivity index is 2.65. The fourth-order valence-corrected chi connectivity index (χ4v) is 1.93. The van der Waals surface area contributed by atoms with Gasteiger partial charge in [0.25, 0.3) is 0 Å². The van der Waals surface area contributed by atoms with Gasteiger partial charge in [-0.05, 0) is 6.42 Å². The second kappa shape index (κ2) is 5.88. The Hall–Kier alpha value is -1.05. The van der Waals surface area contributed by atoms with Gasteiger partial charge in [0.1, 0.15) is 12.7 Å². The third-order valence-corrected chi connectivity index (χ3v) is 2.73. The van der Waals surface area contributed by atoms with Crippen molar-refractivity contribution in [2.45, 2.75) is 45.7 Å². The number of carbonyl (C=O) groups excluding carboxylic acids is 1. The zero-order chi connectivity index (χ0) is 12.1. The number of terminal acetylenes is 1. The van der Waals surface area contributed by atoms with Crippen LogP contribution in [-0.2, 0) is 19.0 Å². The number of carbonyl (C=O) groups is 1. The van der Waals surface area contributed by atoms with Gasteiger partial charge in [-0.3, -0.25) is 4.79 Å². The summed E-state index contributed by atoms with van der Waals surface area (Å²) in [5.74, 6) is 2.20. The molecule has 0 unspecified atom stereocenters. The van der Waals surface area contributed by atoms with Crippen LogP contribution >= 0.6 is 0 Å². The Morgan fingerprint density at radius 3 is 2.75 bits per heavy atom.